The lowest BCUT2D eigenvalue weighted by molar-refractivity contribution is -0.126. The van der Waals surface area contributed by atoms with Crippen molar-refractivity contribution in [2.75, 3.05) is 0 Å². The van der Waals surface area contributed by atoms with Crippen LogP contribution >= 0.6 is 0 Å². The summed E-state index contributed by atoms with van der Waals surface area (Å²) in [6.45, 7) is 3.75. The van der Waals surface area contributed by atoms with Crippen LogP contribution in [0.4, 0.5) is 4.39 Å². The molecule has 1 aromatic heterocycles. The lowest BCUT2D eigenvalue weighted by Gasteiger charge is -2.22. The van der Waals surface area contributed by atoms with E-state index < -0.39 is 5.54 Å². The largest absolute Gasteiger partial charge is 0.347 e. The Labute approximate surface area is 127 Å². The average molecular weight is 306 g/mol. The molecule has 1 unspecified atom stereocenters. The fraction of sp³-hybridized carbons (Fsp3) is 0.400. The molecule has 1 amide bonds. The van der Waals surface area contributed by atoms with Crippen molar-refractivity contribution in [3.63, 3.8) is 0 Å². The second-order valence-electron chi connectivity index (χ2n) is 5.38. The zero-order chi connectivity index (χ0) is 16.2. The van der Waals surface area contributed by atoms with E-state index in [2.05, 4.69) is 15.5 Å². The molecular formula is C15H19FN4O2. The third-order valence-electron chi connectivity index (χ3n) is 3.23. The van der Waals surface area contributed by atoms with E-state index in [1.165, 1.54) is 12.1 Å². The predicted molar refractivity (Wildman–Crippen MR) is 79.0 cm³/mol. The van der Waals surface area contributed by atoms with Crippen LogP contribution in [0.1, 0.15) is 32.5 Å². The average Bonchev–Trinajstić information content (AvgIpc) is 2.93. The van der Waals surface area contributed by atoms with Gasteiger partial charge in [0.15, 0.2) is 5.82 Å². The van der Waals surface area contributed by atoms with E-state index >= 15 is 0 Å². The Kier molecular flexibility index (Phi) is 4.87. The summed E-state index contributed by atoms with van der Waals surface area (Å²) in [5.41, 5.74) is 5.49. The first-order valence-corrected chi connectivity index (χ1v) is 7.08. The highest BCUT2D eigenvalue weighted by Gasteiger charge is 2.27. The summed E-state index contributed by atoms with van der Waals surface area (Å²) >= 11 is 0. The van der Waals surface area contributed by atoms with Gasteiger partial charge in [-0.3, -0.25) is 4.79 Å². The second-order valence-corrected chi connectivity index (χ2v) is 5.38. The van der Waals surface area contributed by atoms with Crippen LogP contribution < -0.4 is 11.1 Å². The maximum Gasteiger partial charge on any atom is 0.258 e. The maximum atomic E-state index is 13.2. The molecule has 0 radical (unpaired) electrons. The highest BCUT2D eigenvalue weighted by atomic mass is 19.1. The van der Waals surface area contributed by atoms with Gasteiger partial charge in [0.1, 0.15) is 5.82 Å². The third kappa shape index (κ3) is 3.88. The number of nitrogens with zero attached hydrogens (tertiary/aromatic N) is 2. The minimum Gasteiger partial charge on any atom is -0.347 e. The van der Waals surface area contributed by atoms with Crippen molar-refractivity contribution in [3.05, 3.63) is 35.9 Å². The Hall–Kier alpha value is -2.28. The van der Waals surface area contributed by atoms with E-state index in [-0.39, 0.29) is 24.2 Å². The molecule has 7 heteroatoms. The van der Waals surface area contributed by atoms with Crippen LogP contribution in [0.2, 0.25) is 0 Å². The molecule has 118 valence electrons. The molecule has 6 nitrogen and oxygen atoms in total. The number of nitrogens with two attached hydrogens (primary N) is 1. The number of halogens is 1. The van der Waals surface area contributed by atoms with Crippen LogP contribution in [-0.2, 0) is 11.3 Å². The van der Waals surface area contributed by atoms with Crippen molar-refractivity contribution in [1.82, 2.24) is 15.5 Å². The molecular weight excluding hydrogens is 287 g/mol. The Morgan fingerprint density at radius 3 is 2.95 bits per heavy atom. The van der Waals surface area contributed by atoms with Crippen LogP contribution in [0.3, 0.4) is 0 Å². The molecule has 2 rings (SSSR count). The number of amides is 1. The van der Waals surface area contributed by atoms with E-state index in [1.54, 1.807) is 19.1 Å². The van der Waals surface area contributed by atoms with Crippen LogP contribution in [0.25, 0.3) is 11.5 Å². The van der Waals surface area contributed by atoms with E-state index in [0.717, 1.165) is 6.42 Å². The molecule has 0 saturated carbocycles. The molecule has 0 bridgehead atoms. The summed E-state index contributed by atoms with van der Waals surface area (Å²) in [6.07, 6.45) is 1.39. The van der Waals surface area contributed by atoms with Gasteiger partial charge in [-0.2, -0.15) is 4.98 Å². The van der Waals surface area contributed by atoms with Gasteiger partial charge < -0.3 is 15.6 Å². The van der Waals surface area contributed by atoms with Crippen LogP contribution in [0.15, 0.2) is 28.8 Å². The van der Waals surface area contributed by atoms with E-state index in [1.807, 2.05) is 6.92 Å². The van der Waals surface area contributed by atoms with Crippen LogP contribution in [0.5, 0.6) is 0 Å². The van der Waals surface area contributed by atoms with Crippen LogP contribution in [0, 0.1) is 5.82 Å². The van der Waals surface area contributed by atoms with Crippen molar-refractivity contribution in [3.8, 4) is 11.5 Å². The Morgan fingerprint density at radius 2 is 2.27 bits per heavy atom. The summed E-state index contributed by atoms with van der Waals surface area (Å²) < 4.78 is 18.2. The molecule has 0 aliphatic rings. The van der Waals surface area contributed by atoms with Gasteiger partial charge in [0, 0.05) is 5.56 Å². The molecule has 0 spiro atoms. The van der Waals surface area contributed by atoms with Gasteiger partial charge in [-0.15, -0.1) is 0 Å². The van der Waals surface area contributed by atoms with E-state index in [9.17, 15) is 9.18 Å². The first kappa shape index (κ1) is 16.1. The molecule has 0 saturated heterocycles. The maximum absolute atomic E-state index is 13.2. The molecule has 22 heavy (non-hydrogen) atoms. The van der Waals surface area contributed by atoms with Crippen molar-refractivity contribution in [2.24, 2.45) is 5.73 Å². The number of hydrogen-bond donors (Lipinski definition) is 2. The number of aromatic nitrogens is 2. The van der Waals surface area contributed by atoms with Gasteiger partial charge in [-0.25, -0.2) is 4.39 Å². The van der Waals surface area contributed by atoms with Gasteiger partial charge in [-0.05, 0) is 31.5 Å². The van der Waals surface area contributed by atoms with Crippen molar-refractivity contribution >= 4 is 5.91 Å². The normalized spacial score (nSPS) is 13.6. The standard InChI is InChI=1S/C15H19FN4O2/c1-3-7-15(2,17)14(21)18-9-12-19-13(22-20-12)10-5-4-6-11(16)8-10/h4-6,8H,3,7,9,17H2,1-2H3,(H,18,21). The number of nitrogens with one attached hydrogen (secondary N) is 1. The fourth-order valence-corrected chi connectivity index (χ4v) is 2.06. The summed E-state index contributed by atoms with van der Waals surface area (Å²) in [5, 5.41) is 6.44. The number of benzene rings is 1. The minimum absolute atomic E-state index is 0.105. The predicted octanol–water partition coefficient (Wildman–Crippen LogP) is 2.01. The Bertz CT molecular complexity index is 654. The SMILES string of the molecule is CCCC(C)(N)C(=O)NCc1noc(-c2cccc(F)c2)n1. The Morgan fingerprint density at radius 1 is 1.50 bits per heavy atom. The summed E-state index contributed by atoms with van der Waals surface area (Å²) in [7, 11) is 0. The van der Waals surface area contributed by atoms with Gasteiger partial charge >= 0.3 is 0 Å². The lowest BCUT2D eigenvalue weighted by atomic mass is 9.97. The van der Waals surface area contributed by atoms with Gasteiger partial charge in [0.2, 0.25) is 5.91 Å². The summed E-state index contributed by atoms with van der Waals surface area (Å²) in [5.74, 6) is -0.150. The van der Waals surface area contributed by atoms with Crippen LogP contribution in [-0.4, -0.2) is 21.6 Å². The number of rotatable bonds is 6. The highest BCUT2D eigenvalue weighted by molar-refractivity contribution is 5.85. The van der Waals surface area contributed by atoms with Crippen molar-refractivity contribution < 1.29 is 13.7 Å². The van der Waals surface area contributed by atoms with Gasteiger partial charge in [0.05, 0.1) is 12.1 Å². The summed E-state index contributed by atoms with van der Waals surface area (Å²) in [4.78, 5) is 16.1. The zero-order valence-corrected chi connectivity index (χ0v) is 12.6. The third-order valence-corrected chi connectivity index (χ3v) is 3.23. The fourth-order valence-electron chi connectivity index (χ4n) is 2.06. The molecule has 1 aromatic carbocycles. The minimum atomic E-state index is -0.927. The summed E-state index contributed by atoms with van der Waals surface area (Å²) in [6, 6.07) is 5.85. The number of carbonyl (C=O) groups is 1. The molecule has 2 aromatic rings. The molecule has 1 atom stereocenters. The van der Waals surface area contributed by atoms with Gasteiger partial charge in [0.25, 0.3) is 5.89 Å². The zero-order valence-electron chi connectivity index (χ0n) is 12.6. The highest BCUT2D eigenvalue weighted by Crippen LogP contribution is 2.18. The second kappa shape index (κ2) is 6.65. The van der Waals surface area contributed by atoms with Crippen molar-refractivity contribution in [1.29, 1.82) is 0 Å². The first-order chi connectivity index (χ1) is 10.4. The molecule has 0 fully saturated rings. The monoisotopic (exact) mass is 306 g/mol. The quantitative estimate of drug-likeness (QED) is 0.851. The smallest absolute Gasteiger partial charge is 0.258 e. The van der Waals surface area contributed by atoms with Gasteiger partial charge in [-0.1, -0.05) is 24.6 Å². The van der Waals surface area contributed by atoms with Crippen molar-refractivity contribution in [2.45, 2.75) is 38.8 Å². The van der Waals surface area contributed by atoms with E-state index in [4.69, 9.17) is 10.3 Å². The number of carbonyl (C=O) groups excluding carboxylic acids is 1. The lowest BCUT2D eigenvalue weighted by Crippen LogP contribution is -2.51. The molecule has 0 aliphatic heterocycles. The number of hydrogen-bond acceptors (Lipinski definition) is 5. The topological polar surface area (TPSA) is 94.0 Å². The molecule has 1 heterocycles. The molecule has 0 aliphatic carbocycles. The first-order valence-electron chi connectivity index (χ1n) is 7.08. The van der Waals surface area contributed by atoms with E-state index in [0.29, 0.717) is 17.8 Å². The molecule has 3 N–H and O–H groups in total. The Balaban J connectivity index is 2.00.